The van der Waals surface area contributed by atoms with Crippen LogP contribution in [0.15, 0.2) is 12.1 Å². The van der Waals surface area contributed by atoms with Crippen molar-refractivity contribution in [1.82, 2.24) is 0 Å². The number of aliphatic hydroxyl groups is 1. The minimum Gasteiger partial charge on any atom is -0.496 e. The van der Waals surface area contributed by atoms with Crippen LogP contribution in [0.5, 0.6) is 17.2 Å². The summed E-state index contributed by atoms with van der Waals surface area (Å²) in [6.07, 6.45) is 1.08. The Labute approximate surface area is 120 Å². The molecule has 0 radical (unpaired) electrons. The van der Waals surface area contributed by atoms with Gasteiger partial charge in [-0.3, -0.25) is 0 Å². The van der Waals surface area contributed by atoms with E-state index < -0.39 is 6.10 Å². The van der Waals surface area contributed by atoms with Crippen LogP contribution in [0.2, 0.25) is 0 Å². The van der Waals surface area contributed by atoms with Gasteiger partial charge in [-0.05, 0) is 13.0 Å². The largest absolute Gasteiger partial charge is 0.496 e. The highest BCUT2D eigenvalue weighted by Crippen LogP contribution is 2.41. The highest BCUT2D eigenvalue weighted by Gasteiger charge is 2.26. The Morgan fingerprint density at radius 1 is 1.10 bits per heavy atom. The molecule has 0 fully saturated rings. The Morgan fingerprint density at radius 3 is 2.00 bits per heavy atom. The van der Waals surface area contributed by atoms with Crippen LogP contribution in [0.4, 0.5) is 0 Å². The van der Waals surface area contributed by atoms with Crippen LogP contribution in [-0.2, 0) is 0 Å². The normalized spacial score (nSPS) is 13.7. The molecule has 20 heavy (non-hydrogen) atoms. The first kappa shape index (κ1) is 16.6. The van der Waals surface area contributed by atoms with Gasteiger partial charge in [0.2, 0.25) is 0 Å². The fourth-order valence-electron chi connectivity index (χ4n) is 2.34. The van der Waals surface area contributed by atoms with Crippen molar-refractivity contribution in [2.24, 2.45) is 11.7 Å². The standard InChI is InChI=1S/C15H25NO4/c1-5-6-10(9-16)15(17)14-12(19-3)7-11(18-2)8-13(14)20-4/h7-8,10,15,17H,5-6,9,16H2,1-4H3. The Kier molecular flexibility index (Phi) is 6.61. The van der Waals surface area contributed by atoms with Gasteiger partial charge < -0.3 is 25.1 Å². The summed E-state index contributed by atoms with van der Waals surface area (Å²) in [7, 11) is 4.69. The maximum atomic E-state index is 10.6. The molecule has 2 unspecified atom stereocenters. The van der Waals surface area contributed by atoms with Crippen LogP contribution in [0.3, 0.4) is 0 Å². The SMILES string of the molecule is CCCC(CN)C(O)c1c(OC)cc(OC)cc1OC. The fraction of sp³-hybridized carbons (Fsp3) is 0.600. The number of ether oxygens (including phenoxy) is 3. The lowest BCUT2D eigenvalue weighted by Crippen LogP contribution is -2.22. The summed E-state index contributed by atoms with van der Waals surface area (Å²) in [6, 6.07) is 3.47. The van der Waals surface area contributed by atoms with Gasteiger partial charge in [-0.25, -0.2) is 0 Å². The molecule has 0 aliphatic rings. The van der Waals surface area contributed by atoms with Gasteiger partial charge in [0.05, 0.1) is 33.0 Å². The van der Waals surface area contributed by atoms with E-state index in [-0.39, 0.29) is 5.92 Å². The minimum absolute atomic E-state index is 0.0313. The Balaban J connectivity index is 3.26. The molecule has 0 amide bonds. The molecule has 0 aliphatic heterocycles. The topological polar surface area (TPSA) is 73.9 Å². The molecular formula is C15H25NO4. The fourth-order valence-corrected chi connectivity index (χ4v) is 2.34. The van der Waals surface area contributed by atoms with E-state index in [1.54, 1.807) is 33.5 Å². The predicted molar refractivity (Wildman–Crippen MR) is 78.5 cm³/mol. The van der Waals surface area contributed by atoms with Gasteiger partial charge in [-0.1, -0.05) is 13.3 Å². The summed E-state index contributed by atoms with van der Waals surface area (Å²) in [5.74, 6) is 1.68. The van der Waals surface area contributed by atoms with Gasteiger partial charge in [-0.2, -0.15) is 0 Å². The highest BCUT2D eigenvalue weighted by molar-refractivity contribution is 5.52. The van der Waals surface area contributed by atoms with Gasteiger partial charge in [0.1, 0.15) is 17.2 Å². The van der Waals surface area contributed by atoms with Gasteiger partial charge in [0.25, 0.3) is 0 Å². The zero-order valence-electron chi connectivity index (χ0n) is 12.7. The average Bonchev–Trinajstić information content (AvgIpc) is 2.50. The molecule has 0 bridgehead atoms. The van der Waals surface area contributed by atoms with Crippen molar-refractivity contribution in [2.45, 2.75) is 25.9 Å². The summed E-state index contributed by atoms with van der Waals surface area (Å²) in [6.45, 7) is 2.48. The molecule has 5 nitrogen and oxygen atoms in total. The van der Waals surface area contributed by atoms with Crippen molar-refractivity contribution in [1.29, 1.82) is 0 Å². The molecule has 0 saturated carbocycles. The number of aliphatic hydroxyl groups excluding tert-OH is 1. The molecule has 0 aromatic heterocycles. The van der Waals surface area contributed by atoms with Crippen LogP contribution in [0, 0.1) is 5.92 Å². The molecule has 0 heterocycles. The van der Waals surface area contributed by atoms with Crippen molar-refractivity contribution in [2.75, 3.05) is 27.9 Å². The van der Waals surface area contributed by atoms with Crippen molar-refractivity contribution >= 4 is 0 Å². The summed E-state index contributed by atoms with van der Waals surface area (Å²) >= 11 is 0. The smallest absolute Gasteiger partial charge is 0.132 e. The Morgan fingerprint density at radius 2 is 1.65 bits per heavy atom. The quantitative estimate of drug-likeness (QED) is 0.764. The zero-order valence-corrected chi connectivity index (χ0v) is 12.7. The zero-order chi connectivity index (χ0) is 15.1. The van der Waals surface area contributed by atoms with Crippen molar-refractivity contribution < 1.29 is 19.3 Å². The summed E-state index contributed by atoms with van der Waals surface area (Å²) in [4.78, 5) is 0. The summed E-state index contributed by atoms with van der Waals surface area (Å²) in [5.41, 5.74) is 6.39. The van der Waals surface area contributed by atoms with E-state index in [0.29, 0.717) is 29.4 Å². The molecule has 2 atom stereocenters. The molecule has 1 rings (SSSR count). The second kappa shape index (κ2) is 7.97. The van der Waals surface area contributed by atoms with Gasteiger partial charge in [-0.15, -0.1) is 0 Å². The number of methoxy groups -OCH3 is 3. The third-order valence-corrected chi connectivity index (χ3v) is 3.46. The molecule has 114 valence electrons. The van der Waals surface area contributed by atoms with E-state index >= 15 is 0 Å². The average molecular weight is 283 g/mol. The first-order chi connectivity index (χ1) is 9.62. The van der Waals surface area contributed by atoms with Crippen molar-refractivity contribution in [3.8, 4) is 17.2 Å². The lowest BCUT2D eigenvalue weighted by Gasteiger charge is -2.25. The number of hydrogen-bond acceptors (Lipinski definition) is 5. The van der Waals surface area contributed by atoms with E-state index in [2.05, 4.69) is 6.92 Å². The minimum atomic E-state index is -0.726. The molecular weight excluding hydrogens is 258 g/mol. The highest BCUT2D eigenvalue weighted by atomic mass is 16.5. The van der Waals surface area contributed by atoms with Crippen molar-refractivity contribution in [3.63, 3.8) is 0 Å². The third kappa shape index (κ3) is 3.55. The Bertz CT molecular complexity index is 397. The van der Waals surface area contributed by atoms with E-state index in [0.717, 1.165) is 12.8 Å². The lowest BCUT2D eigenvalue weighted by atomic mass is 9.90. The van der Waals surface area contributed by atoms with E-state index in [9.17, 15) is 5.11 Å². The molecule has 1 aromatic carbocycles. The van der Waals surface area contributed by atoms with Crippen LogP contribution in [0.25, 0.3) is 0 Å². The molecule has 5 heteroatoms. The molecule has 3 N–H and O–H groups in total. The van der Waals surface area contributed by atoms with Gasteiger partial charge in [0, 0.05) is 18.1 Å². The summed E-state index contributed by atoms with van der Waals surface area (Å²) < 4.78 is 15.9. The first-order valence-electron chi connectivity index (χ1n) is 6.80. The molecule has 0 saturated heterocycles. The number of rotatable bonds is 8. The monoisotopic (exact) mass is 283 g/mol. The number of nitrogens with two attached hydrogens (primary N) is 1. The molecule has 1 aromatic rings. The maximum absolute atomic E-state index is 10.6. The van der Waals surface area contributed by atoms with Gasteiger partial charge in [0.15, 0.2) is 0 Å². The first-order valence-corrected chi connectivity index (χ1v) is 6.80. The van der Waals surface area contributed by atoms with Crippen molar-refractivity contribution in [3.05, 3.63) is 17.7 Å². The van der Waals surface area contributed by atoms with Crippen LogP contribution in [-0.4, -0.2) is 33.0 Å². The third-order valence-electron chi connectivity index (χ3n) is 3.46. The van der Waals surface area contributed by atoms with Crippen LogP contribution in [0.1, 0.15) is 31.4 Å². The molecule has 0 spiro atoms. The van der Waals surface area contributed by atoms with Crippen LogP contribution < -0.4 is 19.9 Å². The molecule has 0 aliphatic carbocycles. The van der Waals surface area contributed by atoms with E-state index in [1.165, 1.54) is 0 Å². The lowest BCUT2D eigenvalue weighted by molar-refractivity contribution is 0.101. The van der Waals surface area contributed by atoms with Crippen LogP contribution >= 0.6 is 0 Å². The van der Waals surface area contributed by atoms with Gasteiger partial charge >= 0.3 is 0 Å². The second-order valence-corrected chi connectivity index (χ2v) is 4.67. The predicted octanol–water partition coefficient (Wildman–Crippen LogP) is 2.12. The number of hydrogen-bond donors (Lipinski definition) is 2. The van der Waals surface area contributed by atoms with E-state index in [1.807, 2.05) is 0 Å². The maximum Gasteiger partial charge on any atom is 0.132 e. The second-order valence-electron chi connectivity index (χ2n) is 4.67. The number of benzene rings is 1. The Hall–Kier alpha value is -1.46. The summed E-state index contributed by atoms with van der Waals surface area (Å²) in [5, 5.41) is 10.6. The van der Waals surface area contributed by atoms with E-state index in [4.69, 9.17) is 19.9 Å².